The number of benzene rings is 1. The van der Waals surface area contributed by atoms with E-state index in [9.17, 15) is 4.79 Å². The zero-order valence-corrected chi connectivity index (χ0v) is 17.3. The molecule has 0 saturated carbocycles. The molecule has 0 fully saturated rings. The van der Waals surface area contributed by atoms with Crippen LogP contribution in [0.4, 0.5) is 0 Å². The van der Waals surface area contributed by atoms with Gasteiger partial charge >= 0.3 is 0 Å². The number of fused-ring (bicyclic) bond motifs is 1. The summed E-state index contributed by atoms with van der Waals surface area (Å²) in [5.74, 6) is 2.21. The van der Waals surface area contributed by atoms with E-state index in [0.29, 0.717) is 46.0 Å². The number of hydrogen-bond acceptors (Lipinski definition) is 6. The molecule has 6 nitrogen and oxygen atoms in total. The zero-order chi connectivity index (χ0) is 19.6. The van der Waals surface area contributed by atoms with Crippen LogP contribution in [0.5, 0.6) is 0 Å². The Morgan fingerprint density at radius 2 is 1.93 bits per heavy atom. The van der Waals surface area contributed by atoms with Crippen LogP contribution in [0, 0.1) is 5.92 Å². The minimum absolute atomic E-state index is 0.00431. The third-order valence-electron chi connectivity index (χ3n) is 4.22. The van der Waals surface area contributed by atoms with E-state index in [0.717, 1.165) is 6.42 Å². The molecule has 3 rings (SSSR count). The summed E-state index contributed by atoms with van der Waals surface area (Å²) in [4.78, 5) is 22.2. The van der Waals surface area contributed by atoms with Crippen molar-refractivity contribution in [3.8, 4) is 0 Å². The van der Waals surface area contributed by atoms with E-state index in [1.165, 1.54) is 11.8 Å². The standard InChI is InChI=1S/C20H26N4O2S/c1-13(2)10-11-24-17(25)14-8-6-7-9-15(14)21-19(24)27-12-16-22-18(23-26-16)20(3,4)5/h6-9,13H,10-12H2,1-5H3. The molecule has 0 aliphatic heterocycles. The van der Waals surface area contributed by atoms with Crippen molar-refractivity contribution in [2.75, 3.05) is 0 Å². The summed E-state index contributed by atoms with van der Waals surface area (Å²) in [6, 6.07) is 7.48. The second-order valence-corrected chi connectivity index (χ2v) is 9.04. The van der Waals surface area contributed by atoms with Crippen molar-refractivity contribution >= 4 is 22.7 Å². The molecule has 0 amide bonds. The number of nitrogens with zero attached hydrogens (tertiary/aromatic N) is 4. The Hall–Kier alpha value is -2.15. The van der Waals surface area contributed by atoms with Crippen LogP contribution in [0.1, 0.15) is 52.8 Å². The molecule has 7 heteroatoms. The number of rotatable bonds is 6. The lowest BCUT2D eigenvalue weighted by molar-refractivity contribution is 0.372. The first-order valence-corrected chi connectivity index (χ1v) is 10.2. The summed E-state index contributed by atoms with van der Waals surface area (Å²) in [5, 5.41) is 5.40. The van der Waals surface area contributed by atoms with Gasteiger partial charge in [0.2, 0.25) is 5.89 Å². The average molecular weight is 387 g/mol. The molecule has 0 saturated heterocycles. The summed E-state index contributed by atoms with van der Waals surface area (Å²) >= 11 is 1.46. The van der Waals surface area contributed by atoms with Crippen molar-refractivity contribution in [3.63, 3.8) is 0 Å². The second-order valence-electron chi connectivity index (χ2n) is 8.10. The Balaban J connectivity index is 1.91. The molecule has 0 N–H and O–H groups in total. The third kappa shape index (κ3) is 4.58. The molecule has 0 atom stereocenters. The van der Waals surface area contributed by atoms with Crippen molar-refractivity contribution < 1.29 is 4.52 Å². The molecule has 0 bridgehead atoms. The summed E-state index contributed by atoms with van der Waals surface area (Å²) in [7, 11) is 0. The number of hydrogen-bond donors (Lipinski definition) is 0. The lowest BCUT2D eigenvalue weighted by atomic mass is 9.96. The first-order valence-electron chi connectivity index (χ1n) is 9.21. The van der Waals surface area contributed by atoms with Crippen LogP contribution in [-0.2, 0) is 17.7 Å². The summed E-state index contributed by atoms with van der Waals surface area (Å²) in [5.41, 5.74) is 0.559. The molecular weight excluding hydrogens is 360 g/mol. The van der Waals surface area contributed by atoms with Gasteiger partial charge in [0.15, 0.2) is 11.0 Å². The highest BCUT2D eigenvalue weighted by atomic mass is 32.2. The fourth-order valence-electron chi connectivity index (χ4n) is 2.59. The van der Waals surface area contributed by atoms with Crippen molar-refractivity contribution in [3.05, 3.63) is 46.3 Å². The lowest BCUT2D eigenvalue weighted by Crippen LogP contribution is -2.24. The maximum absolute atomic E-state index is 13.0. The van der Waals surface area contributed by atoms with Crippen molar-refractivity contribution in [2.45, 2.75) is 63.9 Å². The van der Waals surface area contributed by atoms with Gasteiger partial charge in [0.25, 0.3) is 5.56 Å². The largest absolute Gasteiger partial charge is 0.338 e. The molecule has 1 aromatic carbocycles. The van der Waals surface area contributed by atoms with Gasteiger partial charge < -0.3 is 4.52 Å². The van der Waals surface area contributed by atoms with Crippen LogP contribution in [0.25, 0.3) is 10.9 Å². The van der Waals surface area contributed by atoms with Gasteiger partial charge in [-0.05, 0) is 24.5 Å². The normalized spacial score (nSPS) is 12.2. The number of aromatic nitrogens is 4. The minimum Gasteiger partial charge on any atom is -0.338 e. The Morgan fingerprint density at radius 1 is 1.19 bits per heavy atom. The topological polar surface area (TPSA) is 73.8 Å². The average Bonchev–Trinajstić information content (AvgIpc) is 3.08. The highest BCUT2D eigenvalue weighted by molar-refractivity contribution is 7.98. The van der Waals surface area contributed by atoms with Crippen LogP contribution in [-0.4, -0.2) is 19.7 Å². The summed E-state index contributed by atoms with van der Waals surface area (Å²) in [6.07, 6.45) is 0.919. The Labute approximate surface area is 163 Å². The predicted octanol–water partition coefficient (Wildman–Crippen LogP) is 4.42. The molecule has 0 unspecified atom stereocenters. The van der Waals surface area contributed by atoms with Crippen LogP contribution in [0.15, 0.2) is 38.7 Å². The highest BCUT2D eigenvalue weighted by Gasteiger charge is 2.21. The van der Waals surface area contributed by atoms with E-state index >= 15 is 0 Å². The van der Waals surface area contributed by atoms with Crippen LogP contribution in [0.3, 0.4) is 0 Å². The van der Waals surface area contributed by atoms with E-state index in [-0.39, 0.29) is 11.0 Å². The molecule has 0 radical (unpaired) electrons. The SMILES string of the molecule is CC(C)CCn1c(SCc2nc(C(C)(C)C)no2)nc2ccccc2c1=O. The lowest BCUT2D eigenvalue weighted by Gasteiger charge is -2.13. The molecule has 3 aromatic rings. The third-order valence-corrected chi connectivity index (χ3v) is 5.18. The predicted molar refractivity (Wildman–Crippen MR) is 108 cm³/mol. The fourth-order valence-corrected chi connectivity index (χ4v) is 3.45. The molecule has 0 spiro atoms. The van der Waals surface area contributed by atoms with E-state index < -0.39 is 0 Å². The van der Waals surface area contributed by atoms with Gasteiger partial charge in [-0.1, -0.05) is 63.7 Å². The van der Waals surface area contributed by atoms with Crippen LogP contribution in [0.2, 0.25) is 0 Å². The molecular formula is C20H26N4O2S. The van der Waals surface area contributed by atoms with Crippen LogP contribution < -0.4 is 5.56 Å². The first kappa shape index (κ1) is 19.6. The maximum Gasteiger partial charge on any atom is 0.262 e. The van der Waals surface area contributed by atoms with Gasteiger partial charge in [-0.15, -0.1) is 0 Å². The van der Waals surface area contributed by atoms with Gasteiger partial charge in [-0.25, -0.2) is 4.98 Å². The smallest absolute Gasteiger partial charge is 0.262 e. The molecule has 0 aliphatic rings. The highest BCUT2D eigenvalue weighted by Crippen LogP contribution is 2.24. The van der Waals surface area contributed by atoms with Crippen molar-refractivity contribution in [2.24, 2.45) is 5.92 Å². The first-order chi connectivity index (χ1) is 12.8. The van der Waals surface area contributed by atoms with Crippen molar-refractivity contribution in [1.29, 1.82) is 0 Å². The van der Waals surface area contributed by atoms with E-state index in [4.69, 9.17) is 9.51 Å². The molecule has 27 heavy (non-hydrogen) atoms. The van der Waals surface area contributed by atoms with E-state index in [1.54, 1.807) is 4.57 Å². The number of para-hydroxylation sites is 1. The van der Waals surface area contributed by atoms with E-state index in [2.05, 4.69) is 24.0 Å². The number of thioether (sulfide) groups is 1. The molecule has 2 aromatic heterocycles. The maximum atomic E-state index is 13.0. The molecule has 2 heterocycles. The molecule has 144 valence electrons. The quantitative estimate of drug-likeness (QED) is 0.461. The Kier molecular flexibility index (Phi) is 5.69. The minimum atomic E-state index is -0.160. The van der Waals surface area contributed by atoms with Crippen molar-refractivity contribution in [1.82, 2.24) is 19.7 Å². The fraction of sp³-hybridized carbons (Fsp3) is 0.500. The summed E-state index contributed by atoms with van der Waals surface area (Å²) in [6.45, 7) is 11.1. The van der Waals surface area contributed by atoms with Gasteiger partial charge in [0.1, 0.15) is 0 Å². The van der Waals surface area contributed by atoms with Gasteiger partial charge in [-0.2, -0.15) is 4.98 Å². The van der Waals surface area contributed by atoms with Gasteiger partial charge in [0.05, 0.1) is 16.7 Å². The molecule has 0 aliphatic carbocycles. The van der Waals surface area contributed by atoms with Gasteiger partial charge in [0, 0.05) is 12.0 Å². The monoisotopic (exact) mass is 386 g/mol. The van der Waals surface area contributed by atoms with Gasteiger partial charge in [-0.3, -0.25) is 9.36 Å². The zero-order valence-electron chi connectivity index (χ0n) is 16.5. The van der Waals surface area contributed by atoms with Crippen LogP contribution >= 0.6 is 11.8 Å². The summed E-state index contributed by atoms with van der Waals surface area (Å²) < 4.78 is 7.14. The van der Waals surface area contributed by atoms with E-state index in [1.807, 2.05) is 45.0 Å². The second kappa shape index (κ2) is 7.84. The Morgan fingerprint density at radius 3 is 2.59 bits per heavy atom. The Bertz CT molecular complexity index is 986.